The van der Waals surface area contributed by atoms with Crippen LogP contribution < -0.4 is 4.74 Å². The first-order valence-electron chi connectivity index (χ1n) is 6.18. The fourth-order valence-electron chi connectivity index (χ4n) is 2.03. The zero-order valence-electron chi connectivity index (χ0n) is 11.4. The third-order valence-corrected chi connectivity index (χ3v) is 4.16. The molecule has 0 aliphatic carbocycles. The zero-order chi connectivity index (χ0) is 14.4. The number of hydrogen-bond donors (Lipinski definition) is 0. The van der Waals surface area contributed by atoms with Crippen molar-refractivity contribution >= 4 is 15.9 Å². The van der Waals surface area contributed by atoms with Crippen LogP contribution in [0.2, 0.25) is 0 Å². The van der Waals surface area contributed by atoms with Gasteiger partial charge in [0.15, 0.2) is 6.61 Å². The van der Waals surface area contributed by atoms with Gasteiger partial charge in [0.05, 0.1) is 6.07 Å². The maximum absolute atomic E-state index is 8.98. The summed E-state index contributed by atoms with van der Waals surface area (Å²) in [6, 6.07) is 8.03. The molecule has 0 heterocycles. The molecule has 1 rings (SSSR count). The maximum Gasteiger partial charge on any atom is 0.174 e. The summed E-state index contributed by atoms with van der Waals surface area (Å²) in [5.41, 5.74) is 2.12. The third-order valence-electron chi connectivity index (χ3n) is 3.07. The van der Waals surface area contributed by atoms with E-state index in [0.29, 0.717) is 18.1 Å². The second-order valence-electron chi connectivity index (χ2n) is 4.80. The number of nitrogens with zero attached hydrogens (tertiary/aromatic N) is 2. The summed E-state index contributed by atoms with van der Waals surface area (Å²) in [4.78, 5) is 0. The maximum atomic E-state index is 8.98. The van der Waals surface area contributed by atoms with Crippen molar-refractivity contribution in [2.45, 2.75) is 33.1 Å². The van der Waals surface area contributed by atoms with Crippen LogP contribution in [-0.4, -0.2) is 6.61 Å². The number of benzene rings is 1. The molecule has 0 N–H and O–H groups in total. The predicted molar refractivity (Wildman–Crippen MR) is 77.8 cm³/mol. The zero-order valence-corrected chi connectivity index (χ0v) is 13.0. The first kappa shape index (κ1) is 15.5. The summed E-state index contributed by atoms with van der Waals surface area (Å²) in [7, 11) is 0. The molecule has 0 aliphatic heterocycles. The number of ether oxygens (including phenoxy) is 1. The lowest BCUT2D eigenvalue weighted by molar-refractivity contribution is 0.366. The number of nitriles is 2. The van der Waals surface area contributed by atoms with E-state index in [1.807, 2.05) is 25.1 Å². The van der Waals surface area contributed by atoms with E-state index in [4.69, 9.17) is 15.3 Å². The lowest BCUT2D eigenvalue weighted by Gasteiger charge is -2.21. The van der Waals surface area contributed by atoms with Crippen molar-refractivity contribution < 1.29 is 4.74 Å². The molecule has 100 valence electrons. The van der Waals surface area contributed by atoms with Crippen molar-refractivity contribution in [3.05, 3.63) is 27.7 Å². The van der Waals surface area contributed by atoms with E-state index in [0.717, 1.165) is 15.6 Å². The van der Waals surface area contributed by atoms with Gasteiger partial charge in [-0.15, -0.1) is 0 Å². The summed E-state index contributed by atoms with van der Waals surface area (Å²) in [6.45, 7) is 6.22. The molecule has 0 amide bonds. The monoisotopic (exact) mass is 320 g/mol. The van der Waals surface area contributed by atoms with Gasteiger partial charge < -0.3 is 4.74 Å². The normalized spacial score (nSPS) is 11.7. The van der Waals surface area contributed by atoms with Crippen LogP contribution in [0.3, 0.4) is 0 Å². The van der Waals surface area contributed by atoms with Crippen LogP contribution in [0, 0.1) is 35.5 Å². The van der Waals surface area contributed by atoms with Gasteiger partial charge in [-0.1, -0.05) is 29.8 Å². The molecule has 1 unspecified atom stereocenters. The quantitative estimate of drug-likeness (QED) is 0.812. The average Bonchev–Trinajstić information content (AvgIpc) is 2.37. The molecule has 0 saturated heterocycles. The van der Waals surface area contributed by atoms with Crippen LogP contribution >= 0.6 is 15.9 Å². The lowest BCUT2D eigenvalue weighted by atomic mass is 9.85. The van der Waals surface area contributed by atoms with Gasteiger partial charge in [-0.25, -0.2) is 0 Å². The van der Waals surface area contributed by atoms with Gasteiger partial charge in [0.1, 0.15) is 11.8 Å². The molecule has 0 aromatic heterocycles. The Balaban J connectivity index is 3.21. The van der Waals surface area contributed by atoms with Crippen molar-refractivity contribution in [2.24, 2.45) is 5.92 Å². The highest BCUT2D eigenvalue weighted by molar-refractivity contribution is 9.10. The number of rotatable bonds is 5. The summed E-state index contributed by atoms with van der Waals surface area (Å²) >= 11 is 3.59. The first-order valence-corrected chi connectivity index (χ1v) is 6.97. The highest BCUT2D eigenvalue weighted by atomic mass is 79.9. The SMILES string of the molecule is Cc1cc(OCC#N)cc(C(CC#N)C(C)C)c1Br. The van der Waals surface area contributed by atoms with Crippen LogP contribution in [0.1, 0.15) is 37.3 Å². The standard InChI is InChI=1S/C15H17BrN2O/c1-10(2)13(4-5-17)14-9-12(19-7-6-18)8-11(3)15(14)16/h8-10,13H,4,7H2,1-3H3. The highest BCUT2D eigenvalue weighted by Crippen LogP contribution is 2.37. The van der Waals surface area contributed by atoms with E-state index in [1.165, 1.54) is 0 Å². The van der Waals surface area contributed by atoms with Crippen LogP contribution in [0.5, 0.6) is 5.75 Å². The van der Waals surface area contributed by atoms with Crippen LogP contribution in [-0.2, 0) is 0 Å². The second kappa shape index (κ2) is 7.16. The molecule has 1 aromatic carbocycles. The summed E-state index contributed by atoms with van der Waals surface area (Å²) in [6.07, 6.45) is 0.470. The predicted octanol–water partition coefficient (Wildman–Crippen LogP) is 4.31. The van der Waals surface area contributed by atoms with Crippen molar-refractivity contribution in [1.82, 2.24) is 0 Å². The fourth-order valence-corrected chi connectivity index (χ4v) is 2.56. The topological polar surface area (TPSA) is 56.8 Å². The molecule has 0 bridgehead atoms. The van der Waals surface area contributed by atoms with Crippen LogP contribution in [0.25, 0.3) is 0 Å². The van der Waals surface area contributed by atoms with E-state index < -0.39 is 0 Å². The smallest absolute Gasteiger partial charge is 0.174 e. The van der Waals surface area contributed by atoms with Crippen molar-refractivity contribution in [3.8, 4) is 17.9 Å². The summed E-state index contributed by atoms with van der Waals surface area (Å²) in [5, 5.41) is 17.6. The molecule has 0 spiro atoms. The minimum absolute atomic E-state index is 0.0328. The Morgan fingerprint density at radius 3 is 2.47 bits per heavy atom. The molecule has 0 saturated carbocycles. The van der Waals surface area contributed by atoms with Gasteiger partial charge in [-0.3, -0.25) is 0 Å². The summed E-state index contributed by atoms with van der Waals surface area (Å²) < 4.78 is 6.39. The van der Waals surface area contributed by atoms with Crippen molar-refractivity contribution in [2.75, 3.05) is 6.61 Å². The molecular formula is C15H17BrN2O. The van der Waals surface area contributed by atoms with E-state index in [9.17, 15) is 0 Å². The number of halogens is 1. The van der Waals surface area contributed by atoms with E-state index in [2.05, 4.69) is 35.8 Å². The van der Waals surface area contributed by atoms with Crippen LogP contribution in [0.4, 0.5) is 0 Å². The first-order chi connectivity index (χ1) is 9.01. The Morgan fingerprint density at radius 2 is 1.95 bits per heavy atom. The fraction of sp³-hybridized carbons (Fsp3) is 0.467. The molecular weight excluding hydrogens is 304 g/mol. The molecule has 1 aromatic rings. The van der Waals surface area contributed by atoms with E-state index >= 15 is 0 Å². The molecule has 4 heteroatoms. The Hall–Kier alpha value is -1.52. The molecule has 1 atom stereocenters. The minimum Gasteiger partial charge on any atom is -0.479 e. The Bertz CT molecular complexity index is 526. The van der Waals surface area contributed by atoms with Gasteiger partial charge in [0.25, 0.3) is 0 Å². The largest absolute Gasteiger partial charge is 0.479 e. The minimum atomic E-state index is 0.0328. The Kier molecular flexibility index (Phi) is 5.86. The van der Waals surface area contributed by atoms with Crippen LogP contribution in [0.15, 0.2) is 16.6 Å². The number of aryl methyl sites for hydroxylation is 1. The van der Waals surface area contributed by atoms with Gasteiger partial charge in [-0.05, 0) is 36.1 Å². The summed E-state index contributed by atoms with van der Waals surface area (Å²) in [5.74, 6) is 1.20. The Labute approximate surface area is 122 Å². The third kappa shape index (κ3) is 3.98. The molecule has 19 heavy (non-hydrogen) atoms. The highest BCUT2D eigenvalue weighted by Gasteiger charge is 2.20. The van der Waals surface area contributed by atoms with Crippen molar-refractivity contribution in [3.63, 3.8) is 0 Å². The van der Waals surface area contributed by atoms with Gasteiger partial charge in [0.2, 0.25) is 0 Å². The lowest BCUT2D eigenvalue weighted by Crippen LogP contribution is -2.08. The number of hydrogen-bond acceptors (Lipinski definition) is 3. The molecule has 0 aliphatic rings. The average molecular weight is 321 g/mol. The molecule has 3 nitrogen and oxygen atoms in total. The molecule has 0 fully saturated rings. The molecule has 0 radical (unpaired) electrons. The van der Waals surface area contributed by atoms with E-state index in [-0.39, 0.29) is 12.5 Å². The van der Waals surface area contributed by atoms with E-state index in [1.54, 1.807) is 0 Å². The van der Waals surface area contributed by atoms with Gasteiger partial charge >= 0.3 is 0 Å². The van der Waals surface area contributed by atoms with Gasteiger partial charge in [0, 0.05) is 16.8 Å². The Morgan fingerprint density at radius 1 is 1.26 bits per heavy atom. The van der Waals surface area contributed by atoms with Crippen molar-refractivity contribution in [1.29, 1.82) is 10.5 Å². The second-order valence-corrected chi connectivity index (χ2v) is 5.60. The van der Waals surface area contributed by atoms with Gasteiger partial charge in [-0.2, -0.15) is 10.5 Å².